The van der Waals surface area contributed by atoms with Crippen molar-refractivity contribution in [1.29, 1.82) is 0 Å². The largest absolute Gasteiger partial charge is 0.346 e. The molecule has 0 unspecified atom stereocenters. The van der Waals surface area contributed by atoms with Crippen molar-refractivity contribution in [3.63, 3.8) is 0 Å². The highest BCUT2D eigenvalue weighted by Gasteiger charge is 2.18. The first-order valence-corrected chi connectivity index (χ1v) is 8.63. The van der Waals surface area contributed by atoms with Crippen LogP contribution < -0.4 is 5.32 Å². The van der Waals surface area contributed by atoms with Gasteiger partial charge in [-0.25, -0.2) is 4.39 Å². The maximum atomic E-state index is 13.0. The van der Waals surface area contributed by atoms with Crippen molar-refractivity contribution in [1.82, 2.24) is 10.2 Å². The summed E-state index contributed by atoms with van der Waals surface area (Å²) >= 11 is 0. The Morgan fingerprint density at radius 2 is 1.88 bits per heavy atom. The number of nitrogens with one attached hydrogen (secondary N) is 1. The van der Waals surface area contributed by atoms with Gasteiger partial charge in [-0.15, -0.1) is 0 Å². The van der Waals surface area contributed by atoms with Crippen molar-refractivity contribution < 1.29 is 9.18 Å². The van der Waals surface area contributed by atoms with Crippen molar-refractivity contribution >= 4 is 5.91 Å². The molecule has 1 amide bonds. The molecule has 0 saturated heterocycles. The Morgan fingerprint density at radius 3 is 2.52 bits per heavy atom. The second kappa shape index (κ2) is 8.08. The molecule has 0 aliphatic carbocycles. The van der Waals surface area contributed by atoms with Crippen LogP contribution in [0.2, 0.25) is 0 Å². The van der Waals surface area contributed by atoms with E-state index in [0.29, 0.717) is 0 Å². The number of carbonyl (C=O) groups excluding carboxylic acids is 1. The Morgan fingerprint density at radius 1 is 1.16 bits per heavy atom. The number of benzene rings is 2. The van der Waals surface area contributed by atoms with Crippen LogP contribution in [0.4, 0.5) is 4.39 Å². The van der Waals surface area contributed by atoms with E-state index in [-0.39, 0.29) is 17.8 Å². The van der Waals surface area contributed by atoms with Gasteiger partial charge in [0.1, 0.15) is 5.82 Å². The van der Waals surface area contributed by atoms with Gasteiger partial charge in [-0.1, -0.05) is 48.5 Å². The van der Waals surface area contributed by atoms with E-state index < -0.39 is 0 Å². The number of rotatable bonds is 5. The van der Waals surface area contributed by atoms with Crippen LogP contribution in [-0.4, -0.2) is 23.9 Å². The summed E-state index contributed by atoms with van der Waals surface area (Å²) in [6.45, 7) is 4.33. The number of halogens is 1. The quantitative estimate of drug-likeness (QED) is 0.898. The lowest BCUT2D eigenvalue weighted by atomic mass is 10.0. The third-order valence-corrected chi connectivity index (χ3v) is 4.55. The van der Waals surface area contributed by atoms with Crippen LogP contribution in [0.5, 0.6) is 0 Å². The topological polar surface area (TPSA) is 32.3 Å². The molecule has 1 aliphatic rings. The van der Waals surface area contributed by atoms with Gasteiger partial charge in [0.05, 0.1) is 6.04 Å². The molecule has 25 heavy (non-hydrogen) atoms. The Labute approximate surface area is 148 Å². The van der Waals surface area contributed by atoms with Crippen LogP contribution in [0, 0.1) is 5.82 Å². The zero-order valence-corrected chi connectivity index (χ0v) is 14.4. The lowest BCUT2D eigenvalue weighted by Gasteiger charge is -2.26. The van der Waals surface area contributed by atoms with Crippen molar-refractivity contribution in [2.45, 2.75) is 25.9 Å². The number of hydrogen-bond acceptors (Lipinski definition) is 2. The van der Waals surface area contributed by atoms with Crippen LogP contribution in [0.1, 0.15) is 30.5 Å². The van der Waals surface area contributed by atoms with E-state index in [0.717, 1.165) is 42.8 Å². The Kier molecular flexibility index (Phi) is 5.61. The highest BCUT2D eigenvalue weighted by molar-refractivity contribution is 5.93. The van der Waals surface area contributed by atoms with Crippen LogP contribution >= 0.6 is 0 Å². The van der Waals surface area contributed by atoms with Crippen molar-refractivity contribution in [3.8, 4) is 0 Å². The molecule has 2 aromatic carbocycles. The Hall–Kier alpha value is -2.46. The Bertz CT molecular complexity index is 740. The molecule has 0 spiro atoms. The summed E-state index contributed by atoms with van der Waals surface area (Å²) in [6.07, 6.45) is 2.73. The predicted molar refractivity (Wildman–Crippen MR) is 97.4 cm³/mol. The molecule has 1 N–H and O–H groups in total. The molecule has 1 atom stereocenters. The van der Waals surface area contributed by atoms with E-state index in [1.54, 1.807) is 0 Å². The summed E-state index contributed by atoms with van der Waals surface area (Å²) in [4.78, 5) is 14.7. The summed E-state index contributed by atoms with van der Waals surface area (Å²) < 4.78 is 13.0. The predicted octanol–water partition coefficient (Wildman–Crippen LogP) is 3.84. The SMILES string of the molecule is C[C@@H](NC(=O)C1=CCN(Cc2ccc(F)cc2)CC1)c1ccccc1. The summed E-state index contributed by atoms with van der Waals surface area (Å²) in [7, 11) is 0. The average Bonchev–Trinajstić information content (AvgIpc) is 2.65. The van der Waals surface area contributed by atoms with Gasteiger partial charge < -0.3 is 5.32 Å². The molecule has 130 valence electrons. The molecule has 0 fully saturated rings. The van der Waals surface area contributed by atoms with Crippen molar-refractivity contribution in [3.05, 3.63) is 83.2 Å². The van der Waals surface area contributed by atoms with Gasteiger partial charge in [-0.05, 0) is 36.6 Å². The highest BCUT2D eigenvalue weighted by Crippen LogP contribution is 2.17. The number of nitrogens with zero attached hydrogens (tertiary/aromatic N) is 1. The van der Waals surface area contributed by atoms with Gasteiger partial charge in [-0.2, -0.15) is 0 Å². The monoisotopic (exact) mass is 338 g/mol. The Balaban J connectivity index is 1.53. The second-order valence-corrected chi connectivity index (χ2v) is 6.45. The van der Waals surface area contributed by atoms with E-state index in [2.05, 4.69) is 10.2 Å². The van der Waals surface area contributed by atoms with E-state index in [1.165, 1.54) is 12.1 Å². The molecular weight excluding hydrogens is 315 g/mol. The fourth-order valence-corrected chi connectivity index (χ4v) is 3.02. The minimum absolute atomic E-state index is 0.00755. The zero-order valence-electron chi connectivity index (χ0n) is 14.4. The number of amides is 1. The third-order valence-electron chi connectivity index (χ3n) is 4.55. The van der Waals surface area contributed by atoms with Gasteiger partial charge >= 0.3 is 0 Å². The zero-order chi connectivity index (χ0) is 17.6. The second-order valence-electron chi connectivity index (χ2n) is 6.45. The lowest BCUT2D eigenvalue weighted by molar-refractivity contribution is -0.118. The third kappa shape index (κ3) is 4.77. The van der Waals surface area contributed by atoms with Gasteiger partial charge in [0.15, 0.2) is 0 Å². The standard InChI is InChI=1S/C21H23FN2O/c1-16(18-5-3-2-4-6-18)23-21(25)19-11-13-24(14-12-19)15-17-7-9-20(22)10-8-17/h2-11,16H,12-15H2,1H3,(H,23,25)/t16-/m1/s1. The molecule has 2 aromatic rings. The average molecular weight is 338 g/mol. The van der Waals surface area contributed by atoms with Crippen LogP contribution in [-0.2, 0) is 11.3 Å². The molecule has 3 rings (SSSR count). The summed E-state index contributed by atoms with van der Waals surface area (Å²) in [5.74, 6) is -0.202. The first-order chi connectivity index (χ1) is 12.1. The molecule has 1 aliphatic heterocycles. The summed E-state index contributed by atoms with van der Waals surface area (Å²) in [5, 5.41) is 3.07. The van der Waals surface area contributed by atoms with E-state index in [1.807, 2.05) is 55.5 Å². The molecule has 0 aromatic heterocycles. The van der Waals surface area contributed by atoms with Crippen LogP contribution in [0.25, 0.3) is 0 Å². The first kappa shape index (κ1) is 17.4. The molecular formula is C21H23FN2O. The molecule has 0 radical (unpaired) electrons. The number of hydrogen-bond donors (Lipinski definition) is 1. The van der Waals surface area contributed by atoms with E-state index in [4.69, 9.17) is 0 Å². The van der Waals surface area contributed by atoms with Gasteiger partial charge in [0.25, 0.3) is 0 Å². The summed E-state index contributed by atoms with van der Waals surface area (Å²) in [6, 6.07) is 16.5. The molecule has 4 heteroatoms. The highest BCUT2D eigenvalue weighted by atomic mass is 19.1. The van der Waals surface area contributed by atoms with Crippen molar-refractivity contribution in [2.24, 2.45) is 0 Å². The fraction of sp³-hybridized carbons (Fsp3) is 0.286. The van der Waals surface area contributed by atoms with E-state index in [9.17, 15) is 9.18 Å². The summed E-state index contributed by atoms with van der Waals surface area (Å²) in [5.41, 5.74) is 3.03. The fourth-order valence-electron chi connectivity index (χ4n) is 3.02. The molecule has 1 heterocycles. The molecule has 0 saturated carbocycles. The van der Waals surface area contributed by atoms with Crippen LogP contribution in [0.15, 0.2) is 66.2 Å². The van der Waals surface area contributed by atoms with Gasteiger partial charge in [0.2, 0.25) is 5.91 Å². The van der Waals surface area contributed by atoms with Crippen LogP contribution in [0.3, 0.4) is 0 Å². The normalized spacial score (nSPS) is 16.2. The maximum absolute atomic E-state index is 13.0. The van der Waals surface area contributed by atoms with E-state index >= 15 is 0 Å². The minimum Gasteiger partial charge on any atom is -0.346 e. The maximum Gasteiger partial charge on any atom is 0.247 e. The minimum atomic E-state index is -0.214. The first-order valence-electron chi connectivity index (χ1n) is 8.63. The van der Waals surface area contributed by atoms with Crippen molar-refractivity contribution in [2.75, 3.05) is 13.1 Å². The van der Waals surface area contributed by atoms with Gasteiger partial charge in [-0.3, -0.25) is 9.69 Å². The molecule has 3 nitrogen and oxygen atoms in total. The number of carbonyl (C=O) groups is 1. The molecule has 0 bridgehead atoms. The lowest BCUT2D eigenvalue weighted by Crippen LogP contribution is -2.34. The van der Waals surface area contributed by atoms with Gasteiger partial charge in [0, 0.05) is 25.2 Å². The smallest absolute Gasteiger partial charge is 0.247 e.